The van der Waals surface area contributed by atoms with Gasteiger partial charge in [-0.1, -0.05) is 32.1 Å². The van der Waals surface area contributed by atoms with E-state index >= 15 is 0 Å². The van der Waals surface area contributed by atoms with Crippen molar-refractivity contribution in [1.29, 1.82) is 0 Å². The first kappa shape index (κ1) is 13.6. The fourth-order valence-corrected chi connectivity index (χ4v) is 3.30. The lowest BCUT2D eigenvalue weighted by Crippen LogP contribution is -2.28. The second kappa shape index (κ2) is 6.90. The molecule has 1 aliphatic carbocycles. The zero-order valence-corrected chi connectivity index (χ0v) is 11.5. The Bertz CT molecular complexity index is 381. The van der Waals surface area contributed by atoms with E-state index in [4.69, 9.17) is 5.11 Å². The molecule has 1 aliphatic rings. The van der Waals surface area contributed by atoms with Crippen LogP contribution in [0.2, 0.25) is 0 Å². The Hall–Kier alpha value is -0.870. The summed E-state index contributed by atoms with van der Waals surface area (Å²) in [6.07, 6.45) is 9.28. The number of hydrogen-bond donors (Lipinski definition) is 2. The van der Waals surface area contributed by atoms with Crippen LogP contribution in [-0.4, -0.2) is 17.1 Å². The first-order valence-electron chi connectivity index (χ1n) is 6.80. The highest BCUT2D eigenvalue weighted by molar-refractivity contribution is 7.10. The van der Waals surface area contributed by atoms with E-state index in [1.807, 2.05) is 0 Å². The second-order valence-corrected chi connectivity index (χ2v) is 6.03. The summed E-state index contributed by atoms with van der Waals surface area (Å²) in [6.45, 7) is 0.808. The van der Waals surface area contributed by atoms with E-state index in [9.17, 15) is 4.79 Å². The minimum absolute atomic E-state index is 0.412. The number of carbonyl (C=O) groups is 1. The van der Waals surface area contributed by atoms with Gasteiger partial charge in [0.2, 0.25) is 0 Å². The molecule has 0 saturated heterocycles. The normalized spacial score (nSPS) is 18.2. The Morgan fingerprint density at radius 2 is 1.94 bits per heavy atom. The maximum Gasteiger partial charge on any atom is 0.336 e. The predicted octanol–water partition coefficient (Wildman–Crippen LogP) is 3.65. The maximum absolute atomic E-state index is 10.8. The molecule has 0 bridgehead atoms. The summed E-state index contributed by atoms with van der Waals surface area (Å²) in [5.41, 5.74) is 0.412. The van der Waals surface area contributed by atoms with Crippen molar-refractivity contribution >= 4 is 17.3 Å². The van der Waals surface area contributed by atoms with Crippen LogP contribution in [0.15, 0.2) is 11.4 Å². The topological polar surface area (TPSA) is 49.3 Å². The van der Waals surface area contributed by atoms with Crippen molar-refractivity contribution < 1.29 is 9.90 Å². The van der Waals surface area contributed by atoms with Gasteiger partial charge in [0.1, 0.15) is 0 Å². The van der Waals surface area contributed by atoms with Crippen molar-refractivity contribution in [2.45, 2.75) is 57.5 Å². The van der Waals surface area contributed by atoms with Crippen LogP contribution in [0.1, 0.15) is 60.2 Å². The number of aromatic carboxylic acids is 1. The monoisotopic (exact) mass is 267 g/mol. The lowest BCUT2D eigenvalue weighted by atomic mass is 9.97. The quantitative estimate of drug-likeness (QED) is 0.875. The summed E-state index contributed by atoms with van der Waals surface area (Å²) < 4.78 is 0. The van der Waals surface area contributed by atoms with E-state index in [-0.39, 0.29) is 0 Å². The lowest BCUT2D eigenvalue weighted by Gasteiger charge is -2.20. The van der Waals surface area contributed by atoms with Gasteiger partial charge in [0.05, 0.1) is 5.56 Å². The SMILES string of the molecule is O=C(O)c1csc(CNC2CCCCCCC2)c1. The molecule has 0 aliphatic heterocycles. The molecule has 4 heteroatoms. The summed E-state index contributed by atoms with van der Waals surface area (Å²) in [5, 5.41) is 14.2. The molecule has 1 heterocycles. The summed E-state index contributed by atoms with van der Waals surface area (Å²) in [5.74, 6) is -0.830. The first-order valence-corrected chi connectivity index (χ1v) is 7.68. The molecule has 2 N–H and O–H groups in total. The van der Waals surface area contributed by atoms with Crippen LogP contribution in [0.3, 0.4) is 0 Å². The third-order valence-corrected chi connectivity index (χ3v) is 4.51. The van der Waals surface area contributed by atoms with Gasteiger partial charge in [0.25, 0.3) is 0 Å². The minimum Gasteiger partial charge on any atom is -0.478 e. The Balaban J connectivity index is 1.80. The molecular formula is C14H21NO2S. The van der Waals surface area contributed by atoms with Crippen LogP contribution < -0.4 is 5.32 Å². The van der Waals surface area contributed by atoms with E-state index in [0.717, 1.165) is 11.4 Å². The van der Waals surface area contributed by atoms with Crippen LogP contribution in [0.4, 0.5) is 0 Å². The van der Waals surface area contributed by atoms with E-state index in [1.54, 1.807) is 11.4 Å². The average Bonchev–Trinajstić information content (AvgIpc) is 2.76. The van der Waals surface area contributed by atoms with Gasteiger partial charge >= 0.3 is 5.97 Å². The van der Waals surface area contributed by atoms with E-state index < -0.39 is 5.97 Å². The van der Waals surface area contributed by atoms with E-state index in [0.29, 0.717) is 11.6 Å². The van der Waals surface area contributed by atoms with Gasteiger partial charge in [-0.05, 0) is 18.9 Å². The standard InChI is InChI=1S/C14H21NO2S/c16-14(17)11-8-13(18-10-11)9-15-12-6-4-2-1-3-5-7-12/h8,10,12,15H,1-7,9H2,(H,16,17). The fourth-order valence-electron chi connectivity index (χ4n) is 2.49. The highest BCUT2D eigenvalue weighted by Gasteiger charge is 2.12. The molecule has 1 fully saturated rings. The second-order valence-electron chi connectivity index (χ2n) is 5.03. The number of rotatable bonds is 4. The van der Waals surface area contributed by atoms with Crippen molar-refractivity contribution in [2.75, 3.05) is 0 Å². The van der Waals surface area contributed by atoms with Crippen molar-refractivity contribution in [1.82, 2.24) is 5.32 Å². The van der Waals surface area contributed by atoms with Gasteiger partial charge in [0, 0.05) is 22.8 Å². The average molecular weight is 267 g/mol. The minimum atomic E-state index is -0.830. The Kier molecular flexibility index (Phi) is 5.20. The number of carboxylic acids is 1. The Morgan fingerprint density at radius 1 is 1.28 bits per heavy atom. The third kappa shape index (κ3) is 4.10. The van der Waals surface area contributed by atoms with E-state index in [1.165, 1.54) is 56.3 Å². The van der Waals surface area contributed by atoms with Crippen molar-refractivity contribution in [3.8, 4) is 0 Å². The zero-order valence-electron chi connectivity index (χ0n) is 10.7. The molecular weight excluding hydrogens is 246 g/mol. The van der Waals surface area contributed by atoms with Gasteiger partial charge in [-0.25, -0.2) is 4.79 Å². The molecule has 0 radical (unpaired) electrons. The van der Waals surface area contributed by atoms with Gasteiger partial charge in [-0.15, -0.1) is 11.3 Å². The number of carboxylic acid groups (broad SMARTS) is 1. The summed E-state index contributed by atoms with van der Waals surface area (Å²) in [4.78, 5) is 11.9. The zero-order chi connectivity index (χ0) is 12.8. The predicted molar refractivity (Wildman–Crippen MR) is 74.2 cm³/mol. The van der Waals surface area contributed by atoms with Gasteiger partial charge in [0.15, 0.2) is 0 Å². The number of nitrogens with one attached hydrogen (secondary N) is 1. The largest absolute Gasteiger partial charge is 0.478 e. The van der Waals surface area contributed by atoms with E-state index in [2.05, 4.69) is 5.32 Å². The molecule has 0 aromatic carbocycles. The van der Waals surface area contributed by atoms with Gasteiger partial charge < -0.3 is 10.4 Å². The smallest absolute Gasteiger partial charge is 0.336 e. The molecule has 1 aromatic rings. The molecule has 18 heavy (non-hydrogen) atoms. The van der Waals surface area contributed by atoms with Crippen LogP contribution in [0.5, 0.6) is 0 Å². The first-order chi connectivity index (χ1) is 8.75. The fraction of sp³-hybridized carbons (Fsp3) is 0.643. The number of hydrogen-bond acceptors (Lipinski definition) is 3. The highest BCUT2D eigenvalue weighted by Crippen LogP contribution is 2.19. The number of thiophene rings is 1. The van der Waals surface area contributed by atoms with Crippen molar-refractivity contribution in [2.24, 2.45) is 0 Å². The summed E-state index contributed by atoms with van der Waals surface area (Å²) >= 11 is 1.53. The van der Waals surface area contributed by atoms with Crippen LogP contribution in [0, 0.1) is 0 Å². The molecule has 2 rings (SSSR count). The molecule has 1 aromatic heterocycles. The van der Waals surface area contributed by atoms with Crippen LogP contribution in [-0.2, 0) is 6.54 Å². The Morgan fingerprint density at radius 3 is 2.56 bits per heavy atom. The molecule has 0 spiro atoms. The van der Waals surface area contributed by atoms with Crippen molar-refractivity contribution in [3.05, 3.63) is 21.9 Å². The maximum atomic E-state index is 10.8. The molecule has 0 amide bonds. The molecule has 0 unspecified atom stereocenters. The Labute approximate surface area is 112 Å². The third-order valence-electron chi connectivity index (χ3n) is 3.57. The molecule has 3 nitrogen and oxygen atoms in total. The van der Waals surface area contributed by atoms with Gasteiger partial charge in [-0.2, -0.15) is 0 Å². The van der Waals surface area contributed by atoms with Crippen molar-refractivity contribution in [3.63, 3.8) is 0 Å². The van der Waals surface area contributed by atoms with Gasteiger partial charge in [-0.3, -0.25) is 0 Å². The lowest BCUT2D eigenvalue weighted by molar-refractivity contribution is 0.0697. The van der Waals surface area contributed by atoms with Crippen LogP contribution >= 0.6 is 11.3 Å². The summed E-state index contributed by atoms with van der Waals surface area (Å²) in [7, 11) is 0. The molecule has 1 saturated carbocycles. The molecule has 0 atom stereocenters. The highest BCUT2D eigenvalue weighted by atomic mass is 32.1. The van der Waals surface area contributed by atoms with Crippen LogP contribution in [0.25, 0.3) is 0 Å². The summed E-state index contributed by atoms with van der Waals surface area (Å²) in [6, 6.07) is 2.39. The molecule has 100 valence electrons.